The summed E-state index contributed by atoms with van der Waals surface area (Å²) in [5.74, 6) is 0. The van der Waals surface area contributed by atoms with Crippen LogP contribution in [0.1, 0.15) is 0 Å². The minimum Gasteiger partial charge on any atom is -0.0711 e. The van der Waals surface area contributed by atoms with Gasteiger partial charge in [0.25, 0.3) is 0 Å². The van der Waals surface area contributed by atoms with Crippen molar-refractivity contribution in [3.05, 3.63) is 40.8 Å². The lowest BCUT2D eigenvalue weighted by Crippen LogP contribution is -1.87. The molecule has 0 bridgehead atoms. The Balaban J connectivity index is 2.67. The molecule has 0 saturated carbocycles. The van der Waals surface area contributed by atoms with Gasteiger partial charge in [0.05, 0.1) is 0 Å². The van der Waals surface area contributed by atoms with E-state index in [4.69, 9.17) is 5.53 Å². The summed E-state index contributed by atoms with van der Waals surface area (Å²) in [5.41, 5.74) is 7.99. The van der Waals surface area contributed by atoms with E-state index in [0.29, 0.717) is 0 Å². The minimum atomic E-state index is 0.213. The molecular weight excluding hydrogens is 145 g/mol. The van der Waals surface area contributed by atoms with Crippen LogP contribution in [0.5, 0.6) is 0 Å². The van der Waals surface area contributed by atoms with E-state index in [9.17, 15) is 0 Å². The summed E-state index contributed by atoms with van der Waals surface area (Å²) in [6.45, 7) is 0. The van der Waals surface area contributed by atoms with Crippen LogP contribution in [0.3, 0.4) is 0 Å². The maximum Gasteiger partial charge on any atom is 0.00479 e. The second-order valence-corrected chi connectivity index (χ2v) is 2.67. The first kappa shape index (κ1) is 7.07. The van der Waals surface area contributed by atoms with E-state index in [2.05, 4.69) is 9.80 Å². The molecule has 0 N–H and O–H groups in total. The van der Waals surface area contributed by atoms with Crippen molar-refractivity contribution in [1.29, 1.82) is 0 Å². The Labute approximate surface area is 60.5 Å². The van der Waals surface area contributed by atoms with Gasteiger partial charge in [0, 0.05) is 13.6 Å². The number of hydrogen-bond donors (Lipinski definition) is 0. The Morgan fingerprint density at radius 3 is 2.60 bits per heavy atom. The molecule has 50 valence electrons. The molecule has 1 aromatic carbocycles. The zero-order valence-corrected chi connectivity index (χ0v) is 6.23. The highest BCUT2D eigenvalue weighted by Crippen LogP contribution is 2.09. The Morgan fingerprint density at radius 2 is 2.00 bits per heavy atom. The smallest absolute Gasteiger partial charge is 0.00479 e. The average molecular weight is 151 g/mol. The molecule has 10 heavy (non-hydrogen) atoms. The fourth-order valence-corrected chi connectivity index (χ4v) is 1.09. The van der Waals surface area contributed by atoms with Crippen LogP contribution in [0.15, 0.2) is 35.2 Å². The van der Waals surface area contributed by atoms with Gasteiger partial charge in [0.2, 0.25) is 0 Å². The van der Waals surface area contributed by atoms with Crippen molar-refractivity contribution in [2.45, 2.75) is 0 Å². The number of azide groups is 1. The van der Waals surface area contributed by atoms with E-state index in [1.165, 1.54) is 0 Å². The Bertz CT molecular complexity index is 240. The van der Waals surface area contributed by atoms with Crippen LogP contribution >= 0.6 is 8.73 Å². The minimum absolute atomic E-state index is 0.213. The maximum atomic E-state index is 7.99. The molecule has 1 rings (SSSR count). The van der Waals surface area contributed by atoms with E-state index in [1.807, 2.05) is 30.3 Å². The zero-order valence-electron chi connectivity index (χ0n) is 5.23. The molecule has 0 aromatic heterocycles. The van der Waals surface area contributed by atoms with Gasteiger partial charge in [-0.05, 0) is 10.8 Å². The number of rotatable bonds is 2. The molecule has 1 unspecified atom stereocenters. The first-order valence-corrected chi connectivity index (χ1v) is 3.73. The van der Waals surface area contributed by atoms with Gasteiger partial charge in [-0.25, -0.2) is 0 Å². The third-order valence-electron chi connectivity index (χ3n) is 0.998. The van der Waals surface area contributed by atoms with E-state index in [0.717, 1.165) is 5.30 Å². The zero-order chi connectivity index (χ0) is 7.23. The highest BCUT2D eigenvalue weighted by molar-refractivity contribution is 7.45. The van der Waals surface area contributed by atoms with Gasteiger partial charge in [-0.15, -0.1) is 0 Å². The lowest BCUT2D eigenvalue weighted by molar-refractivity contribution is 1.74. The second kappa shape index (κ2) is 3.89. The molecule has 0 spiro atoms. The monoisotopic (exact) mass is 151 g/mol. The van der Waals surface area contributed by atoms with E-state index in [1.54, 1.807) is 0 Å². The Morgan fingerprint density at radius 1 is 1.30 bits per heavy atom. The van der Waals surface area contributed by atoms with Crippen LogP contribution < -0.4 is 5.30 Å². The SMILES string of the molecule is [N-]=[N+]=NPc1ccccc1. The number of hydrogen-bond acceptors (Lipinski definition) is 1. The normalized spacial score (nSPS) is 9.60. The van der Waals surface area contributed by atoms with Crippen molar-refractivity contribution in [1.82, 2.24) is 0 Å². The average Bonchev–Trinajstić information content (AvgIpc) is 2.03. The van der Waals surface area contributed by atoms with Crippen LogP contribution in [-0.2, 0) is 0 Å². The maximum absolute atomic E-state index is 7.99. The first-order chi connectivity index (χ1) is 4.93. The molecule has 3 nitrogen and oxygen atoms in total. The second-order valence-electron chi connectivity index (χ2n) is 1.67. The predicted molar refractivity (Wildman–Crippen MR) is 43.5 cm³/mol. The van der Waals surface area contributed by atoms with Gasteiger partial charge < -0.3 is 0 Å². The largest absolute Gasteiger partial charge is 0.0711 e. The van der Waals surface area contributed by atoms with E-state index in [-0.39, 0.29) is 8.73 Å². The molecule has 1 aromatic rings. The highest BCUT2D eigenvalue weighted by Gasteiger charge is 1.83. The fourth-order valence-electron chi connectivity index (χ4n) is 0.593. The molecule has 0 aliphatic rings. The van der Waals surface area contributed by atoms with Crippen LogP contribution in [-0.4, -0.2) is 0 Å². The van der Waals surface area contributed by atoms with Crippen molar-refractivity contribution in [3.63, 3.8) is 0 Å². The molecule has 0 radical (unpaired) electrons. The lowest BCUT2D eigenvalue weighted by atomic mass is 10.4. The van der Waals surface area contributed by atoms with Crippen LogP contribution in [0.25, 0.3) is 10.4 Å². The van der Waals surface area contributed by atoms with Crippen molar-refractivity contribution in [2.24, 2.45) is 4.88 Å². The van der Waals surface area contributed by atoms with Crippen LogP contribution in [0, 0.1) is 0 Å². The van der Waals surface area contributed by atoms with E-state index >= 15 is 0 Å². The van der Waals surface area contributed by atoms with Gasteiger partial charge >= 0.3 is 0 Å². The van der Waals surface area contributed by atoms with Crippen LogP contribution in [0.4, 0.5) is 0 Å². The quantitative estimate of drug-likeness (QED) is 0.269. The third-order valence-corrected chi connectivity index (χ3v) is 1.78. The standard InChI is InChI=1S/C6H6N3P/c7-8-9-10-6-4-2-1-3-5-6/h1-5,10H. The van der Waals surface area contributed by atoms with Gasteiger partial charge in [-0.1, -0.05) is 35.2 Å². The molecule has 4 heteroatoms. The number of benzene rings is 1. The molecule has 0 amide bonds. The van der Waals surface area contributed by atoms with Crippen molar-refractivity contribution in [2.75, 3.05) is 0 Å². The van der Waals surface area contributed by atoms with Crippen LogP contribution in [0.2, 0.25) is 0 Å². The summed E-state index contributed by atoms with van der Waals surface area (Å²) in [6.07, 6.45) is 0. The molecule has 1 atom stereocenters. The summed E-state index contributed by atoms with van der Waals surface area (Å²) < 4.78 is 0. The Hall–Kier alpha value is -1.04. The van der Waals surface area contributed by atoms with Crippen molar-refractivity contribution >= 4 is 14.0 Å². The first-order valence-electron chi connectivity index (χ1n) is 2.78. The van der Waals surface area contributed by atoms with Gasteiger partial charge in [-0.2, -0.15) is 0 Å². The Kier molecular flexibility index (Phi) is 2.75. The summed E-state index contributed by atoms with van der Waals surface area (Å²) in [6, 6.07) is 9.66. The summed E-state index contributed by atoms with van der Waals surface area (Å²) in [4.78, 5) is 6.12. The van der Waals surface area contributed by atoms with E-state index < -0.39 is 0 Å². The fraction of sp³-hybridized carbons (Fsp3) is 0. The van der Waals surface area contributed by atoms with Gasteiger partial charge in [0.15, 0.2) is 0 Å². The van der Waals surface area contributed by atoms with Crippen molar-refractivity contribution < 1.29 is 0 Å². The third kappa shape index (κ3) is 2.06. The van der Waals surface area contributed by atoms with Gasteiger partial charge in [0.1, 0.15) is 0 Å². The summed E-state index contributed by atoms with van der Waals surface area (Å²) in [5, 5.41) is 1.07. The molecule has 0 heterocycles. The molecular formula is C6H6N3P. The topological polar surface area (TPSA) is 48.8 Å². The molecule has 0 saturated heterocycles. The summed E-state index contributed by atoms with van der Waals surface area (Å²) >= 11 is 0. The van der Waals surface area contributed by atoms with Gasteiger partial charge in [-0.3, -0.25) is 0 Å². The lowest BCUT2D eigenvalue weighted by Gasteiger charge is -1.90. The number of nitrogens with zero attached hydrogens (tertiary/aromatic N) is 3. The molecule has 0 aliphatic carbocycles. The predicted octanol–water partition coefficient (Wildman–Crippen LogP) is 2.22. The summed E-state index contributed by atoms with van der Waals surface area (Å²) in [7, 11) is 0.213. The molecule has 0 aliphatic heterocycles. The highest BCUT2D eigenvalue weighted by atomic mass is 31.1. The molecule has 0 fully saturated rings. The van der Waals surface area contributed by atoms with Crippen molar-refractivity contribution in [3.8, 4) is 0 Å².